The highest BCUT2D eigenvalue weighted by Gasteiger charge is 2.07. The molecule has 1 aromatic carbocycles. The SMILES string of the molecule is CCC(=O)Oc1ccccc1/N=N/c1ccc(N)nc1N. The van der Waals surface area contributed by atoms with Crippen molar-refractivity contribution in [3.63, 3.8) is 0 Å². The van der Waals surface area contributed by atoms with Crippen LogP contribution in [-0.2, 0) is 4.79 Å². The lowest BCUT2D eigenvalue weighted by molar-refractivity contribution is -0.133. The van der Waals surface area contributed by atoms with Crippen LogP contribution in [0.25, 0.3) is 0 Å². The summed E-state index contributed by atoms with van der Waals surface area (Å²) in [5.41, 5.74) is 12.0. The molecule has 0 unspecified atom stereocenters. The number of hydrogen-bond donors (Lipinski definition) is 2. The van der Waals surface area contributed by atoms with Gasteiger partial charge in [-0.3, -0.25) is 4.79 Å². The molecule has 1 heterocycles. The van der Waals surface area contributed by atoms with E-state index >= 15 is 0 Å². The van der Waals surface area contributed by atoms with E-state index in [0.717, 1.165) is 0 Å². The highest BCUT2D eigenvalue weighted by molar-refractivity contribution is 5.74. The number of ether oxygens (including phenoxy) is 1. The van der Waals surface area contributed by atoms with Crippen molar-refractivity contribution in [3.05, 3.63) is 36.4 Å². The molecule has 1 aromatic heterocycles. The van der Waals surface area contributed by atoms with Crippen LogP contribution in [0.5, 0.6) is 5.75 Å². The maximum Gasteiger partial charge on any atom is 0.310 e. The second-order valence-electron chi connectivity index (χ2n) is 4.14. The van der Waals surface area contributed by atoms with Crippen LogP contribution in [0, 0.1) is 0 Å². The van der Waals surface area contributed by atoms with E-state index in [-0.39, 0.29) is 18.2 Å². The summed E-state index contributed by atoms with van der Waals surface area (Å²) in [6.07, 6.45) is 0.278. The number of azo groups is 1. The van der Waals surface area contributed by atoms with Crippen molar-refractivity contribution >= 4 is 29.0 Å². The minimum absolute atomic E-state index is 0.182. The standard InChI is InChI=1S/C14H15N5O2/c1-2-13(20)21-11-6-4-3-5-9(11)18-19-10-7-8-12(15)17-14(10)16/h3-8H,2H2,1H3,(H4,15,16,17)/b19-18+. The summed E-state index contributed by atoms with van der Waals surface area (Å²) in [5, 5.41) is 8.04. The number of carbonyl (C=O) groups excluding carboxylic acids is 1. The number of rotatable bonds is 4. The van der Waals surface area contributed by atoms with Gasteiger partial charge < -0.3 is 16.2 Å². The van der Waals surface area contributed by atoms with Crippen LogP contribution in [0.2, 0.25) is 0 Å². The number of benzene rings is 1. The molecule has 0 spiro atoms. The van der Waals surface area contributed by atoms with E-state index < -0.39 is 0 Å². The largest absolute Gasteiger partial charge is 0.424 e. The predicted molar refractivity (Wildman–Crippen MR) is 79.6 cm³/mol. The van der Waals surface area contributed by atoms with Crippen LogP contribution in [-0.4, -0.2) is 11.0 Å². The number of nitrogen functional groups attached to an aromatic ring is 2. The molecule has 0 aliphatic heterocycles. The summed E-state index contributed by atoms with van der Waals surface area (Å²) in [5.74, 6) is 0.493. The number of nitrogens with two attached hydrogens (primary N) is 2. The third kappa shape index (κ3) is 3.75. The lowest BCUT2D eigenvalue weighted by Crippen LogP contribution is -2.05. The average Bonchev–Trinajstić information content (AvgIpc) is 2.47. The van der Waals surface area contributed by atoms with Crippen molar-refractivity contribution in [2.24, 2.45) is 10.2 Å². The van der Waals surface area contributed by atoms with E-state index in [1.807, 2.05) is 0 Å². The second-order valence-corrected chi connectivity index (χ2v) is 4.14. The van der Waals surface area contributed by atoms with Crippen molar-refractivity contribution in [1.29, 1.82) is 0 Å². The fourth-order valence-corrected chi connectivity index (χ4v) is 1.50. The molecule has 7 nitrogen and oxygen atoms in total. The summed E-state index contributed by atoms with van der Waals surface area (Å²) < 4.78 is 5.17. The highest BCUT2D eigenvalue weighted by Crippen LogP contribution is 2.30. The Morgan fingerprint density at radius 3 is 2.57 bits per heavy atom. The first-order chi connectivity index (χ1) is 10.1. The first-order valence-electron chi connectivity index (χ1n) is 6.33. The molecule has 2 aromatic rings. The second kappa shape index (κ2) is 6.47. The monoisotopic (exact) mass is 285 g/mol. The number of anilines is 2. The van der Waals surface area contributed by atoms with Gasteiger partial charge >= 0.3 is 5.97 Å². The van der Waals surface area contributed by atoms with Crippen LogP contribution in [0.3, 0.4) is 0 Å². The van der Waals surface area contributed by atoms with Gasteiger partial charge in [0, 0.05) is 6.42 Å². The number of para-hydroxylation sites is 1. The number of aromatic nitrogens is 1. The Morgan fingerprint density at radius 1 is 1.14 bits per heavy atom. The lowest BCUT2D eigenvalue weighted by Gasteiger charge is -2.05. The van der Waals surface area contributed by atoms with Gasteiger partial charge in [-0.25, -0.2) is 4.98 Å². The zero-order chi connectivity index (χ0) is 15.2. The smallest absolute Gasteiger partial charge is 0.310 e. The van der Waals surface area contributed by atoms with Crippen LogP contribution < -0.4 is 16.2 Å². The van der Waals surface area contributed by atoms with E-state index in [4.69, 9.17) is 16.2 Å². The van der Waals surface area contributed by atoms with Gasteiger partial charge in [0.25, 0.3) is 0 Å². The minimum atomic E-state index is -0.341. The molecule has 0 radical (unpaired) electrons. The van der Waals surface area contributed by atoms with Gasteiger partial charge in [-0.2, -0.15) is 0 Å². The zero-order valence-corrected chi connectivity index (χ0v) is 11.5. The Bertz CT molecular complexity index is 685. The van der Waals surface area contributed by atoms with Crippen LogP contribution in [0.1, 0.15) is 13.3 Å². The van der Waals surface area contributed by atoms with Crippen molar-refractivity contribution in [3.8, 4) is 5.75 Å². The fraction of sp³-hybridized carbons (Fsp3) is 0.143. The molecular formula is C14H15N5O2. The Morgan fingerprint density at radius 2 is 1.86 bits per heavy atom. The molecule has 0 fully saturated rings. The maximum absolute atomic E-state index is 11.4. The number of pyridine rings is 1. The normalized spacial score (nSPS) is 10.7. The highest BCUT2D eigenvalue weighted by atomic mass is 16.5. The molecule has 108 valence electrons. The fourth-order valence-electron chi connectivity index (χ4n) is 1.50. The van der Waals surface area contributed by atoms with E-state index in [1.54, 1.807) is 43.3 Å². The van der Waals surface area contributed by atoms with E-state index in [9.17, 15) is 4.79 Å². The Hall–Kier alpha value is -2.96. The summed E-state index contributed by atoms with van der Waals surface area (Å²) in [6, 6.07) is 10.0. The van der Waals surface area contributed by atoms with Gasteiger partial charge in [-0.15, -0.1) is 10.2 Å². The molecule has 21 heavy (non-hydrogen) atoms. The molecule has 4 N–H and O–H groups in total. The number of nitrogens with zero attached hydrogens (tertiary/aromatic N) is 3. The molecule has 0 atom stereocenters. The van der Waals surface area contributed by atoms with Gasteiger partial charge in [0.1, 0.15) is 17.2 Å². The molecule has 0 saturated carbocycles. The van der Waals surface area contributed by atoms with Gasteiger partial charge in [0.05, 0.1) is 0 Å². The summed E-state index contributed by atoms with van der Waals surface area (Å²) in [4.78, 5) is 15.2. The average molecular weight is 285 g/mol. The van der Waals surface area contributed by atoms with Gasteiger partial charge in [-0.1, -0.05) is 19.1 Å². The van der Waals surface area contributed by atoms with Crippen molar-refractivity contribution in [2.75, 3.05) is 11.5 Å². The van der Waals surface area contributed by atoms with Gasteiger partial charge in [0.15, 0.2) is 11.6 Å². The number of hydrogen-bond acceptors (Lipinski definition) is 7. The molecule has 0 bridgehead atoms. The summed E-state index contributed by atoms with van der Waals surface area (Å²) >= 11 is 0. The van der Waals surface area contributed by atoms with Crippen LogP contribution in [0.15, 0.2) is 46.6 Å². The third-order valence-corrected chi connectivity index (χ3v) is 2.57. The zero-order valence-electron chi connectivity index (χ0n) is 11.5. The Labute approximate surface area is 121 Å². The van der Waals surface area contributed by atoms with E-state index in [0.29, 0.717) is 22.9 Å². The van der Waals surface area contributed by atoms with Crippen LogP contribution >= 0.6 is 0 Å². The van der Waals surface area contributed by atoms with Gasteiger partial charge in [0.2, 0.25) is 0 Å². The third-order valence-electron chi connectivity index (χ3n) is 2.57. The number of esters is 1. The van der Waals surface area contributed by atoms with E-state index in [2.05, 4.69) is 15.2 Å². The first kappa shape index (κ1) is 14.4. The van der Waals surface area contributed by atoms with E-state index in [1.165, 1.54) is 0 Å². The van der Waals surface area contributed by atoms with Crippen molar-refractivity contribution in [2.45, 2.75) is 13.3 Å². The molecule has 0 aliphatic carbocycles. The molecule has 2 rings (SSSR count). The molecule has 0 aliphatic rings. The predicted octanol–water partition coefficient (Wildman–Crippen LogP) is 2.98. The molecular weight excluding hydrogens is 270 g/mol. The maximum atomic E-state index is 11.4. The Kier molecular flexibility index (Phi) is 4.45. The molecule has 7 heteroatoms. The molecule has 0 saturated heterocycles. The van der Waals surface area contributed by atoms with Crippen LogP contribution in [0.4, 0.5) is 23.0 Å². The first-order valence-corrected chi connectivity index (χ1v) is 6.33. The van der Waals surface area contributed by atoms with Crippen molar-refractivity contribution < 1.29 is 9.53 Å². The van der Waals surface area contributed by atoms with Gasteiger partial charge in [-0.05, 0) is 24.3 Å². The molecule has 0 amide bonds. The topological polar surface area (TPSA) is 116 Å². The quantitative estimate of drug-likeness (QED) is 0.509. The lowest BCUT2D eigenvalue weighted by atomic mass is 10.3. The summed E-state index contributed by atoms with van der Waals surface area (Å²) in [7, 11) is 0. The minimum Gasteiger partial charge on any atom is -0.424 e. The summed E-state index contributed by atoms with van der Waals surface area (Å²) in [6.45, 7) is 1.72. The number of carbonyl (C=O) groups is 1. The Balaban J connectivity index is 2.26. The van der Waals surface area contributed by atoms with Crippen molar-refractivity contribution in [1.82, 2.24) is 4.98 Å².